The van der Waals surface area contributed by atoms with Crippen LogP contribution in [0.5, 0.6) is 0 Å². The van der Waals surface area contributed by atoms with E-state index in [-0.39, 0.29) is 0 Å². The third-order valence-electron chi connectivity index (χ3n) is 0.981. The quantitative estimate of drug-likeness (QED) is 0.498. The molecule has 0 amide bonds. The van der Waals surface area contributed by atoms with Crippen molar-refractivity contribution < 1.29 is 0 Å². The largest absolute Gasteiger partial charge is 0.329 e. The number of hydrogen-bond acceptors (Lipinski definition) is 4. The van der Waals surface area contributed by atoms with Gasteiger partial charge in [0.1, 0.15) is 5.92 Å². The molecule has 0 radical (unpaired) electrons. The topological polar surface area (TPSA) is 85.6 Å². The van der Waals surface area contributed by atoms with Crippen molar-refractivity contribution in [1.29, 1.82) is 10.5 Å². The van der Waals surface area contributed by atoms with Crippen LogP contribution in [0.15, 0.2) is 0 Å². The molecule has 0 saturated heterocycles. The van der Waals surface area contributed by atoms with Crippen LogP contribution in [0, 0.1) is 28.6 Å². The first-order valence-electron chi connectivity index (χ1n) is 3.05. The molecule has 0 aromatic rings. The van der Waals surface area contributed by atoms with Crippen LogP contribution in [-0.2, 0) is 0 Å². The maximum Gasteiger partial charge on any atom is 0.145 e. The van der Waals surface area contributed by atoms with Crippen molar-refractivity contribution in [1.82, 2.24) is 5.32 Å². The summed E-state index contributed by atoms with van der Waals surface area (Å²) in [5.74, 6) is -0.549. The molecule has 0 heterocycles. The minimum atomic E-state index is -0.549. The van der Waals surface area contributed by atoms with Gasteiger partial charge in [0, 0.05) is 19.6 Å². The molecule has 0 aliphatic carbocycles. The molecular weight excluding hydrogens is 128 g/mol. The fourth-order valence-corrected chi connectivity index (χ4v) is 0.469. The van der Waals surface area contributed by atoms with Gasteiger partial charge in [-0.2, -0.15) is 10.5 Å². The van der Waals surface area contributed by atoms with Gasteiger partial charge in [0.15, 0.2) is 0 Å². The number of nitriles is 2. The molecule has 0 aliphatic rings. The molecule has 0 aromatic carbocycles. The summed E-state index contributed by atoms with van der Waals surface area (Å²) < 4.78 is 0. The summed E-state index contributed by atoms with van der Waals surface area (Å²) in [6.07, 6.45) is 0. The van der Waals surface area contributed by atoms with Crippen LogP contribution in [0.1, 0.15) is 0 Å². The van der Waals surface area contributed by atoms with Gasteiger partial charge < -0.3 is 11.1 Å². The van der Waals surface area contributed by atoms with Crippen molar-refractivity contribution in [2.75, 3.05) is 19.6 Å². The molecular formula is C6H10N4. The molecule has 0 spiro atoms. The lowest BCUT2D eigenvalue weighted by molar-refractivity contribution is 0.646. The first kappa shape index (κ1) is 8.90. The highest BCUT2D eigenvalue weighted by molar-refractivity contribution is 4.99. The fraction of sp³-hybridized carbons (Fsp3) is 0.667. The number of nitrogens with zero attached hydrogens (tertiary/aromatic N) is 2. The fourth-order valence-electron chi connectivity index (χ4n) is 0.469. The molecule has 0 aliphatic heterocycles. The van der Waals surface area contributed by atoms with E-state index >= 15 is 0 Å². The highest BCUT2D eigenvalue weighted by Gasteiger charge is 2.01. The lowest BCUT2D eigenvalue weighted by Crippen LogP contribution is -2.26. The molecule has 0 rings (SSSR count). The second-order valence-electron chi connectivity index (χ2n) is 1.80. The predicted octanol–water partition coefficient (Wildman–Crippen LogP) is -0.802. The first-order valence-corrected chi connectivity index (χ1v) is 3.05. The van der Waals surface area contributed by atoms with E-state index in [0.717, 1.165) is 0 Å². The van der Waals surface area contributed by atoms with Crippen LogP contribution < -0.4 is 11.1 Å². The minimum absolute atomic E-state index is 0.407. The van der Waals surface area contributed by atoms with Gasteiger partial charge in [0.2, 0.25) is 0 Å². The Labute approximate surface area is 60.2 Å². The van der Waals surface area contributed by atoms with Crippen LogP contribution in [0.3, 0.4) is 0 Å². The molecule has 0 unspecified atom stereocenters. The van der Waals surface area contributed by atoms with Crippen molar-refractivity contribution in [3.63, 3.8) is 0 Å². The molecule has 4 heteroatoms. The summed E-state index contributed by atoms with van der Waals surface area (Å²) in [5.41, 5.74) is 5.17. The number of rotatable bonds is 4. The van der Waals surface area contributed by atoms with E-state index in [4.69, 9.17) is 16.3 Å². The molecule has 0 aromatic heterocycles. The Morgan fingerprint density at radius 1 is 1.40 bits per heavy atom. The third kappa shape index (κ3) is 3.85. The highest BCUT2D eigenvalue weighted by Crippen LogP contribution is 1.86. The number of nitrogens with one attached hydrogen (secondary N) is 1. The van der Waals surface area contributed by atoms with Gasteiger partial charge in [-0.3, -0.25) is 0 Å². The zero-order chi connectivity index (χ0) is 7.82. The summed E-state index contributed by atoms with van der Waals surface area (Å²) in [7, 11) is 0. The van der Waals surface area contributed by atoms with Gasteiger partial charge >= 0.3 is 0 Å². The molecule has 0 saturated carbocycles. The molecule has 0 atom stereocenters. The Morgan fingerprint density at radius 3 is 2.40 bits per heavy atom. The Hall–Kier alpha value is -1.10. The van der Waals surface area contributed by atoms with Crippen LogP contribution in [0.2, 0.25) is 0 Å². The van der Waals surface area contributed by atoms with Gasteiger partial charge in [-0.15, -0.1) is 0 Å². The van der Waals surface area contributed by atoms with Crippen molar-refractivity contribution >= 4 is 0 Å². The van der Waals surface area contributed by atoms with E-state index in [0.29, 0.717) is 19.6 Å². The summed E-state index contributed by atoms with van der Waals surface area (Å²) in [6.45, 7) is 1.59. The third-order valence-corrected chi connectivity index (χ3v) is 0.981. The van der Waals surface area contributed by atoms with E-state index < -0.39 is 5.92 Å². The van der Waals surface area contributed by atoms with Crippen molar-refractivity contribution in [2.45, 2.75) is 0 Å². The van der Waals surface area contributed by atoms with Gasteiger partial charge in [-0.1, -0.05) is 0 Å². The molecule has 4 nitrogen and oxygen atoms in total. The van der Waals surface area contributed by atoms with Gasteiger partial charge in [-0.05, 0) is 0 Å². The van der Waals surface area contributed by atoms with Gasteiger partial charge in [-0.25, -0.2) is 0 Å². The summed E-state index contributed by atoms with van der Waals surface area (Å²) >= 11 is 0. The van der Waals surface area contributed by atoms with Crippen LogP contribution in [0.25, 0.3) is 0 Å². The molecule has 3 N–H and O–H groups in total. The van der Waals surface area contributed by atoms with Crippen LogP contribution in [0.4, 0.5) is 0 Å². The summed E-state index contributed by atoms with van der Waals surface area (Å²) in [4.78, 5) is 0. The van der Waals surface area contributed by atoms with Gasteiger partial charge in [0.05, 0.1) is 12.1 Å². The maximum atomic E-state index is 8.28. The van der Waals surface area contributed by atoms with E-state index in [2.05, 4.69) is 5.32 Å². The Kier molecular flexibility index (Phi) is 5.36. The molecule has 10 heavy (non-hydrogen) atoms. The lowest BCUT2D eigenvalue weighted by Gasteiger charge is -2.00. The second-order valence-corrected chi connectivity index (χ2v) is 1.80. The highest BCUT2D eigenvalue weighted by atomic mass is 14.9. The van der Waals surface area contributed by atoms with Crippen molar-refractivity contribution in [3.8, 4) is 12.1 Å². The number of nitrogens with two attached hydrogens (primary N) is 1. The van der Waals surface area contributed by atoms with Crippen LogP contribution >= 0.6 is 0 Å². The van der Waals surface area contributed by atoms with E-state index in [1.165, 1.54) is 0 Å². The SMILES string of the molecule is N#CC(C#N)CNCCN. The average molecular weight is 138 g/mol. The monoisotopic (exact) mass is 138 g/mol. The maximum absolute atomic E-state index is 8.28. The summed E-state index contributed by atoms with van der Waals surface area (Å²) in [5, 5.41) is 19.4. The van der Waals surface area contributed by atoms with Crippen molar-refractivity contribution in [2.24, 2.45) is 11.7 Å². The van der Waals surface area contributed by atoms with Crippen molar-refractivity contribution in [3.05, 3.63) is 0 Å². The predicted molar refractivity (Wildman–Crippen MR) is 36.6 cm³/mol. The smallest absolute Gasteiger partial charge is 0.145 e. The van der Waals surface area contributed by atoms with E-state index in [1.807, 2.05) is 12.1 Å². The molecule has 0 bridgehead atoms. The van der Waals surface area contributed by atoms with E-state index in [9.17, 15) is 0 Å². The standard InChI is InChI=1S/C6H10N4/c7-1-2-10-5-6(3-8)4-9/h6,10H,1-2,5,7H2. The number of hydrogen-bond donors (Lipinski definition) is 2. The minimum Gasteiger partial charge on any atom is -0.329 e. The van der Waals surface area contributed by atoms with Gasteiger partial charge in [0.25, 0.3) is 0 Å². The summed E-state index contributed by atoms with van der Waals surface area (Å²) in [6, 6.07) is 3.69. The molecule has 0 fully saturated rings. The average Bonchev–Trinajstić information content (AvgIpc) is 1.99. The Balaban J connectivity index is 3.31. The molecule has 54 valence electrons. The first-order chi connectivity index (χ1) is 4.85. The normalized spacial score (nSPS) is 8.80. The zero-order valence-electron chi connectivity index (χ0n) is 5.67. The zero-order valence-corrected chi connectivity index (χ0v) is 5.67. The van der Waals surface area contributed by atoms with Crippen LogP contribution in [-0.4, -0.2) is 19.6 Å². The second kappa shape index (κ2) is 6.03. The Bertz CT molecular complexity index is 138. The lowest BCUT2D eigenvalue weighted by atomic mass is 10.2. The Morgan fingerprint density at radius 2 is 2.00 bits per heavy atom. The van der Waals surface area contributed by atoms with E-state index in [1.54, 1.807) is 0 Å².